The van der Waals surface area contributed by atoms with E-state index < -0.39 is 0 Å². The molecule has 4 heteroatoms. The van der Waals surface area contributed by atoms with Crippen LogP contribution in [0, 0.1) is 6.92 Å². The summed E-state index contributed by atoms with van der Waals surface area (Å²) in [5, 5.41) is 3.05. The first-order valence-corrected chi connectivity index (χ1v) is 8.12. The number of aromatic nitrogens is 2. The highest BCUT2D eigenvalue weighted by atomic mass is 16.1. The third kappa shape index (κ3) is 3.90. The third-order valence-corrected chi connectivity index (χ3v) is 3.98. The molecule has 0 unspecified atom stereocenters. The number of aromatic amines is 1. The molecule has 24 heavy (non-hydrogen) atoms. The molecule has 2 N–H and O–H groups in total. The number of hydrogen-bond acceptors (Lipinski definition) is 2. The van der Waals surface area contributed by atoms with E-state index in [9.17, 15) is 4.79 Å². The molecule has 122 valence electrons. The van der Waals surface area contributed by atoms with Gasteiger partial charge in [-0.15, -0.1) is 0 Å². The molecule has 2 aromatic carbocycles. The first-order chi connectivity index (χ1) is 11.7. The van der Waals surface area contributed by atoms with Gasteiger partial charge in [0.15, 0.2) is 0 Å². The average molecular weight is 319 g/mol. The molecular formula is C20H21N3O. The number of carbonyl (C=O) groups is 1. The molecule has 3 rings (SSSR count). The van der Waals surface area contributed by atoms with Gasteiger partial charge in [-0.25, -0.2) is 4.98 Å². The van der Waals surface area contributed by atoms with Gasteiger partial charge in [-0.3, -0.25) is 4.79 Å². The van der Waals surface area contributed by atoms with Gasteiger partial charge in [0.25, 0.3) is 0 Å². The highest BCUT2D eigenvalue weighted by Crippen LogP contribution is 2.24. The Morgan fingerprint density at radius 3 is 2.12 bits per heavy atom. The monoisotopic (exact) mass is 319 g/mol. The van der Waals surface area contributed by atoms with Gasteiger partial charge in [0.05, 0.1) is 5.92 Å². The van der Waals surface area contributed by atoms with Crippen LogP contribution in [-0.2, 0) is 11.2 Å². The van der Waals surface area contributed by atoms with Crippen molar-refractivity contribution in [1.82, 2.24) is 15.3 Å². The Kier molecular flexibility index (Phi) is 5.06. The smallest absolute Gasteiger partial charge is 0.232 e. The van der Waals surface area contributed by atoms with E-state index in [0.29, 0.717) is 6.54 Å². The minimum Gasteiger partial charge on any atom is -0.355 e. The number of amides is 1. The first-order valence-electron chi connectivity index (χ1n) is 8.12. The van der Waals surface area contributed by atoms with Crippen LogP contribution in [0.3, 0.4) is 0 Å². The van der Waals surface area contributed by atoms with Crippen LogP contribution in [0.1, 0.15) is 28.6 Å². The Morgan fingerprint density at radius 2 is 1.62 bits per heavy atom. The SMILES string of the molecule is Cc1ncc(CCNC(=O)C(c2ccccc2)c2ccccc2)[nH]1. The number of carbonyl (C=O) groups excluding carboxylic acids is 1. The van der Waals surface area contributed by atoms with Crippen molar-refractivity contribution in [3.05, 3.63) is 89.5 Å². The Morgan fingerprint density at radius 1 is 1.04 bits per heavy atom. The van der Waals surface area contributed by atoms with E-state index in [1.54, 1.807) is 0 Å². The number of rotatable bonds is 6. The zero-order valence-corrected chi connectivity index (χ0v) is 13.7. The van der Waals surface area contributed by atoms with Crippen LogP contribution in [0.25, 0.3) is 0 Å². The molecule has 0 aliphatic heterocycles. The maximum atomic E-state index is 12.8. The van der Waals surface area contributed by atoms with Crippen molar-refractivity contribution < 1.29 is 4.79 Å². The lowest BCUT2D eigenvalue weighted by molar-refractivity contribution is -0.121. The quantitative estimate of drug-likeness (QED) is 0.733. The first kappa shape index (κ1) is 16.0. The fourth-order valence-electron chi connectivity index (χ4n) is 2.81. The van der Waals surface area contributed by atoms with Crippen LogP contribution < -0.4 is 5.32 Å². The molecule has 3 aromatic rings. The van der Waals surface area contributed by atoms with Gasteiger partial charge in [-0.05, 0) is 18.1 Å². The van der Waals surface area contributed by atoms with Crippen LogP contribution in [0.5, 0.6) is 0 Å². The van der Waals surface area contributed by atoms with E-state index in [-0.39, 0.29) is 11.8 Å². The highest BCUT2D eigenvalue weighted by molar-refractivity contribution is 5.87. The summed E-state index contributed by atoms with van der Waals surface area (Å²) < 4.78 is 0. The number of H-pyrrole nitrogens is 1. The number of nitrogens with zero attached hydrogens (tertiary/aromatic N) is 1. The zero-order valence-electron chi connectivity index (χ0n) is 13.7. The second-order valence-electron chi connectivity index (χ2n) is 5.79. The largest absolute Gasteiger partial charge is 0.355 e. The van der Waals surface area contributed by atoms with Crippen molar-refractivity contribution in [2.45, 2.75) is 19.3 Å². The second kappa shape index (κ2) is 7.59. The summed E-state index contributed by atoms with van der Waals surface area (Å²) in [5.41, 5.74) is 3.03. The van der Waals surface area contributed by atoms with Crippen LogP contribution in [-0.4, -0.2) is 22.4 Å². The molecule has 0 saturated heterocycles. The van der Waals surface area contributed by atoms with Gasteiger partial charge in [-0.2, -0.15) is 0 Å². The summed E-state index contributed by atoms with van der Waals surface area (Å²) >= 11 is 0. The van der Waals surface area contributed by atoms with Gasteiger partial charge in [0.2, 0.25) is 5.91 Å². The summed E-state index contributed by atoms with van der Waals surface area (Å²) in [6.45, 7) is 2.50. The van der Waals surface area contributed by atoms with Crippen LogP contribution >= 0.6 is 0 Å². The van der Waals surface area contributed by atoms with Crippen LogP contribution in [0.4, 0.5) is 0 Å². The topological polar surface area (TPSA) is 57.8 Å². The molecule has 0 radical (unpaired) electrons. The van der Waals surface area contributed by atoms with Gasteiger partial charge in [0, 0.05) is 24.9 Å². The molecule has 0 bridgehead atoms. The molecule has 0 atom stereocenters. The van der Waals surface area contributed by atoms with Crippen molar-refractivity contribution in [2.75, 3.05) is 6.54 Å². The minimum absolute atomic E-state index is 0.0173. The second-order valence-corrected chi connectivity index (χ2v) is 5.79. The van der Waals surface area contributed by atoms with Crippen molar-refractivity contribution in [3.8, 4) is 0 Å². The van der Waals surface area contributed by atoms with Gasteiger partial charge in [0.1, 0.15) is 5.82 Å². The van der Waals surface area contributed by atoms with Crippen molar-refractivity contribution in [3.63, 3.8) is 0 Å². The summed E-state index contributed by atoms with van der Waals surface area (Å²) in [5.74, 6) is 0.613. The van der Waals surface area contributed by atoms with Gasteiger partial charge >= 0.3 is 0 Å². The van der Waals surface area contributed by atoms with E-state index in [2.05, 4.69) is 15.3 Å². The van der Waals surface area contributed by atoms with Crippen LogP contribution in [0.15, 0.2) is 66.9 Å². The molecule has 4 nitrogen and oxygen atoms in total. The number of nitrogens with one attached hydrogen (secondary N) is 2. The highest BCUT2D eigenvalue weighted by Gasteiger charge is 2.21. The van der Waals surface area contributed by atoms with Crippen molar-refractivity contribution in [2.24, 2.45) is 0 Å². The van der Waals surface area contributed by atoms with E-state index >= 15 is 0 Å². The maximum absolute atomic E-state index is 12.8. The predicted molar refractivity (Wildman–Crippen MR) is 94.8 cm³/mol. The standard InChI is InChI=1S/C20H21N3O/c1-15-22-14-18(23-15)12-13-21-20(24)19(16-8-4-2-5-9-16)17-10-6-3-7-11-17/h2-11,14,19H,12-13H2,1H3,(H,21,24)(H,22,23). The number of aryl methyl sites for hydroxylation is 1. The lowest BCUT2D eigenvalue weighted by Gasteiger charge is -2.17. The molecular weight excluding hydrogens is 298 g/mol. The lowest BCUT2D eigenvalue weighted by Crippen LogP contribution is -2.31. The number of hydrogen-bond donors (Lipinski definition) is 2. The Balaban J connectivity index is 1.72. The van der Waals surface area contributed by atoms with E-state index in [1.807, 2.05) is 73.8 Å². The molecule has 0 fully saturated rings. The van der Waals surface area contributed by atoms with E-state index in [1.165, 1.54) is 0 Å². The van der Waals surface area contributed by atoms with E-state index in [0.717, 1.165) is 29.1 Å². The molecule has 0 aliphatic rings. The zero-order chi connectivity index (χ0) is 16.8. The Hall–Kier alpha value is -2.88. The maximum Gasteiger partial charge on any atom is 0.232 e. The summed E-state index contributed by atoms with van der Waals surface area (Å²) in [7, 11) is 0. The molecule has 0 aliphatic carbocycles. The fourth-order valence-corrected chi connectivity index (χ4v) is 2.81. The summed E-state index contributed by atoms with van der Waals surface area (Å²) in [4.78, 5) is 20.2. The molecule has 1 aromatic heterocycles. The summed E-state index contributed by atoms with van der Waals surface area (Å²) in [6.07, 6.45) is 2.55. The molecule has 0 saturated carbocycles. The van der Waals surface area contributed by atoms with Crippen molar-refractivity contribution >= 4 is 5.91 Å². The Bertz CT molecular complexity index is 741. The third-order valence-electron chi connectivity index (χ3n) is 3.98. The average Bonchev–Trinajstić information content (AvgIpc) is 3.02. The van der Waals surface area contributed by atoms with Gasteiger partial charge in [-0.1, -0.05) is 60.7 Å². The predicted octanol–water partition coefficient (Wildman–Crippen LogP) is 3.21. The fraction of sp³-hybridized carbons (Fsp3) is 0.200. The lowest BCUT2D eigenvalue weighted by atomic mass is 9.90. The van der Waals surface area contributed by atoms with E-state index in [4.69, 9.17) is 0 Å². The Labute approximate surface area is 142 Å². The molecule has 1 heterocycles. The number of benzene rings is 2. The van der Waals surface area contributed by atoms with Crippen molar-refractivity contribution in [1.29, 1.82) is 0 Å². The molecule has 1 amide bonds. The molecule has 0 spiro atoms. The normalized spacial score (nSPS) is 10.8. The van der Waals surface area contributed by atoms with Gasteiger partial charge < -0.3 is 10.3 Å². The summed E-state index contributed by atoms with van der Waals surface area (Å²) in [6, 6.07) is 19.8. The minimum atomic E-state index is -0.295. The number of imidazole rings is 1. The van der Waals surface area contributed by atoms with Crippen LogP contribution in [0.2, 0.25) is 0 Å².